The summed E-state index contributed by atoms with van der Waals surface area (Å²) in [5, 5.41) is 5.93. The summed E-state index contributed by atoms with van der Waals surface area (Å²) in [6, 6.07) is 4.90. The Bertz CT molecular complexity index is 2210. The molecule has 7 rings (SSSR count). The average Bonchev–Trinajstić information content (AvgIpc) is 3.13. The van der Waals surface area contributed by atoms with Crippen molar-refractivity contribution in [3.8, 4) is 16.9 Å². The second kappa shape index (κ2) is 14.5. The van der Waals surface area contributed by atoms with Crippen LogP contribution in [0.15, 0.2) is 53.7 Å². The number of nitrogens with one attached hydrogen (secondary N) is 2. The number of nitrogens with zero attached hydrogens (tertiary/aromatic N) is 5. The van der Waals surface area contributed by atoms with E-state index in [9.17, 15) is 19.2 Å². The Hall–Kier alpha value is -5.22. The summed E-state index contributed by atoms with van der Waals surface area (Å²) >= 11 is 6.68. The number of ether oxygens (including phenoxy) is 1. The number of fused-ring (bicyclic) bond motifs is 1. The van der Waals surface area contributed by atoms with Gasteiger partial charge in [-0.3, -0.25) is 34.4 Å². The highest BCUT2D eigenvalue weighted by Crippen LogP contribution is 2.39. The van der Waals surface area contributed by atoms with Gasteiger partial charge in [0.2, 0.25) is 11.8 Å². The molecule has 3 amide bonds. The number of amides is 3. The van der Waals surface area contributed by atoms with Crippen molar-refractivity contribution in [3.05, 3.63) is 81.5 Å². The second-order valence-electron chi connectivity index (χ2n) is 13.7. The van der Waals surface area contributed by atoms with Crippen LogP contribution in [0.2, 0.25) is 5.02 Å². The minimum Gasteiger partial charge on any atom is -0.496 e. The number of aryl methyl sites for hydroxylation is 1. The van der Waals surface area contributed by atoms with E-state index in [1.54, 1.807) is 36.5 Å². The fourth-order valence-electron chi connectivity index (χ4n) is 7.60. The first-order valence-corrected chi connectivity index (χ1v) is 17.7. The van der Waals surface area contributed by atoms with Crippen LogP contribution in [-0.2, 0) is 16.6 Å². The molecule has 17 heteroatoms. The topological polar surface area (TPSA) is 129 Å². The molecule has 2 atom stereocenters. The summed E-state index contributed by atoms with van der Waals surface area (Å²) in [6.45, 7) is -0.529. The fraction of sp³-hybridized carbons (Fsp3) is 0.378. The molecule has 0 bridgehead atoms. The van der Waals surface area contributed by atoms with Gasteiger partial charge >= 0.3 is 0 Å². The molecule has 0 spiro atoms. The number of likely N-dealkylation sites (tertiary alicyclic amines) is 1. The van der Waals surface area contributed by atoms with Gasteiger partial charge in [0.15, 0.2) is 11.6 Å². The molecular formula is C37H36ClF4N7O5. The number of piperazine rings is 1. The minimum atomic E-state index is -3.32. The Labute approximate surface area is 311 Å². The number of pyridine rings is 2. The van der Waals surface area contributed by atoms with Crippen molar-refractivity contribution in [3.63, 3.8) is 0 Å². The Balaban J connectivity index is 1.02. The van der Waals surface area contributed by atoms with Crippen LogP contribution in [0.4, 0.5) is 28.9 Å². The van der Waals surface area contributed by atoms with Gasteiger partial charge in [0.1, 0.15) is 23.0 Å². The zero-order valence-corrected chi connectivity index (χ0v) is 30.1. The monoisotopic (exact) mass is 769 g/mol. The Morgan fingerprint density at radius 1 is 1.02 bits per heavy atom. The predicted octanol–water partition coefficient (Wildman–Crippen LogP) is 4.43. The lowest BCUT2D eigenvalue weighted by Crippen LogP contribution is -2.62. The number of imide groups is 1. The first-order chi connectivity index (χ1) is 25.7. The van der Waals surface area contributed by atoms with Gasteiger partial charge in [-0.25, -0.2) is 17.6 Å². The third-order valence-electron chi connectivity index (χ3n) is 10.3. The highest BCUT2D eigenvalue weighted by Gasteiger charge is 2.49. The van der Waals surface area contributed by atoms with Crippen molar-refractivity contribution in [2.45, 2.75) is 37.3 Å². The molecule has 3 fully saturated rings. The number of halogens is 5. The van der Waals surface area contributed by atoms with E-state index in [1.165, 1.54) is 28.8 Å². The van der Waals surface area contributed by atoms with E-state index < -0.39 is 53.9 Å². The molecule has 2 unspecified atom stereocenters. The van der Waals surface area contributed by atoms with Crippen LogP contribution in [0, 0.1) is 11.6 Å². The molecule has 12 nitrogen and oxygen atoms in total. The fourth-order valence-corrected chi connectivity index (χ4v) is 7.89. The predicted molar refractivity (Wildman–Crippen MR) is 193 cm³/mol. The van der Waals surface area contributed by atoms with E-state index in [0.717, 1.165) is 17.0 Å². The molecule has 2 aromatic heterocycles. The quantitative estimate of drug-likeness (QED) is 0.207. The van der Waals surface area contributed by atoms with Crippen molar-refractivity contribution >= 4 is 51.5 Å². The van der Waals surface area contributed by atoms with E-state index in [0.29, 0.717) is 21.9 Å². The summed E-state index contributed by atoms with van der Waals surface area (Å²) < 4.78 is 69.2. The standard InChI is InChI=1S/C37H36ClF4N7O5/c1-46-18-24(22-5-7-43-17-23(22)35(46)52)20-13-25(38)32(29(14-20)54-2)36(53)49-8-6-30(37(41,42)19-49)47-9-11-48(12-10-47)33-26(39)15-21(16-27(33)40)44-28-3-4-31(50)45-34(28)51/h5,7,13-18,28,30,44H,3-4,6,8-12,19H2,1-2H3,(H,45,50,51). The summed E-state index contributed by atoms with van der Waals surface area (Å²) in [6.07, 6.45) is 4.87. The molecule has 3 saturated heterocycles. The molecule has 0 aliphatic carbocycles. The Morgan fingerprint density at radius 3 is 2.41 bits per heavy atom. The number of hydrogen-bond acceptors (Lipinski definition) is 9. The largest absolute Gasteiger partial charge is 0.496 e. The number of aromatic nitrogens is 2. The zero-order valence-electron chi connectivity index (χ0n) is 29.3. The van der Waals surface area contributed by atoms with Crippen LogP contribution in [0.1, 0.15) is 29.6 Å². The maximum absolute atomic E-state index is 15.9. The van der Waals surface area contributed by atoms with Crippen molar-refractivity contribution in [2.75, 3.05) is 56.6 Å². The molecule has 3 aliphatic heterocycles. The number of hydrogen-bond donors (Lipinski definition) is 2. The van der Waals surface area contributed by atoms with Crippen molar-refractivity contribution in [2.24, 2.45) is 7.05 Å². The van der Waals surface area contributed by atoms with E-state index in [2.05, 4.69) is 15.6 Å². The molecule has 0 saturated carbocycles. The van der Waals surface area contributed by atoms with Crippen molar-refractivity contribution in [1.82, 2.24) is 24.7 Å². The molecule has 5 heterocycles. The van der Waals surface area contributed by atoms with E-state index in [1.807, 2.05) is 0 Å². The first-order valence-electron chi connectivity index (χ1n) is 17.3. The SMILES string of the molecule is COc1cc(-c2cn(C)c(=O)c3cnccc23)cc(Cl)c1C(=O)N1CCC(N2CCN(c3c(F)cc(NC4CCC(=O)NC4=O)cc3F)CC2)C(F)(F)C1. The smallest absolute Gasteiger partial charge is 0.280 e. The molecule has 284 valence electrons. The number of piperidine rings is 2. The average molecular weight is 770 g/mol. The van der Waals surface area contributed by atoms with Gasteiger partial charge in [-0.05, 0) is 54.1 Å². The molecule has 4 aromatic rings. The lowest BCUT2D eigenvalue weighted by molar-refractivity contribution is -0.133. The van der Waals surface area contributed by atoms with Crippen molar-refractivity contribution in [1.29, 1.82) is 0 Å². The molecule has 3 aliphatic rings. The minimum absolute atomic E-state index is 0.00384. The number of alkyl halides is 2. The number of carbonyl (C=O) groups is 3. The van der Waals surface area contributed by atoms with E-state index in [4.69, 9.17) is 16.3 Å². The van der Waals surface area contributed by atoms with Gasteiger partial charge in [0, 0.05) is 76.0 Å². The Kier molecular flexibility index (Phi) is 10.00. The maximum Gasteiger partial charge on any atom is 0.280 e. The summed E-state index contributed by atoms with van der Waals surface area (Å²) in [7, 11) is 2.95. The number of rotatable bonds is 7. The van der Waals surface area contributed by atoms with Crippen LogP contribution in [-0.4, -0.2) is 101 Å². The molecule has 0 radical (unpaired) electrons. The van der Waals surface area contributed by atoms with Crippen LogP contribution in [0.3, 0.4) is 0 Å². The van der Waals surface area contributed by atoms with Crippen molar-refractivity contribution < 1.29 is 36.7 Å². The number of carbonyl (C=O) groups excluding carboxylic acids is 3. The number of anilines is 2. The van der Waals surface area contributed by atoms with Gasteiger partial charge in [-0.2, -0.15) is 0 Å². The van der Waals surface area contributed by atoms with Crippen LogP contribution >= 0.6 is 11.6 Å². The molecule has 2 N–H and O–H groups in total. The van der Waals surface area contributed by atoms with Crippen LogP contribution < -0.4 is 25.8 Å². The first kappa shape index (κ1) is 37.1. The van der Waals surface area contributed by atoms with Gasteiger partial charge in [0.25, 0.3) is 17.4 Å². The zero-order chi connectivity index (χ0) is 38.5. The highest BCUT2D eigenvalue weighted by molar-refractivity contribution is 6.34. The van der Waals surface area contributed by atoms with Crippen LogP contribution in [0.25, 0.3) is 21.9 Å². The van der Waals surface area contributed by atoms with Gasteiger partial charge in [-0.1, -0.05) is 11.6 Å². The third-order valence-corrected chi connectivity index (χ3v) is 10.6. The van der Waals surface area contributed by atoms with E-state index >= 15 is 17.6 Å². The van der Waals surface area contributed by atoms with Gasteiger partial charge < -0.3 is 24.4 Å². The van der Waals surface area contributed by atoms with E-state index in [-0.39, 0.29) is 85.3 Å². The molecular weight excluding hydrogens is 734 g/mol. The summed E-state index contributed by atoms with van der Waals surface area (Å²) in [4.78, 5) is 58.1. The summed E-state index contributed by atoms with van der Waals surface area (Å²) in [5.41, 5.74) is 0.605. The van der Waals surface area contributed by atoms with Crippen LogP contribution in [0.5, 0.6) is 5.75 Å². The maximum atomic E-state index is 15.9. The summed E-state index contributed by atoms with van der Waals surface area (Å²) in [5.74, 6) is -6.71. The normalized spacial score (nSPS) is 20.6. The molecule has 2 aromatic carbocycles. The third kappa shape index (κ3) is 6.95. The van der Waals surface area contributed by atoms with Gasteiger partial charge in [0.05, 0.1) is 30.1 Å². The lowest BCUT2D eigenvalue weighted by atomic mass is 9.96. The number of benzene rings is 2. The highest BCUT2D eigenvalue weighted by atomic mass is 35.5. The van der Waals surface area contributed by atoms with Gasteiger partial charge in [-0.15, -0.1) is 0 Å². The lowest BCUT2D eigenvalue weighted by Gasteiger charge is -2.46. The molecule has 54 heavy (non-hydrogen) atoms. The Morgan fingerprint density at radius 2 is 1.74 bits per heavy atom. The second-order valence-corrected chi connectivity index (χ2v) is 14.1. The number of methoxy groups -OCH3 is 1.